The zero-order valence-electron chi connectivity index (χ0n) is 15.0. The summed E-state index contributed by atoms with van der Waals surface area (Å²) in [6.07, 6.45) is 0.668. The van der Waals surface area contributed by atoms with Crippen LogP contribution in [0.4, 0.5) is 10.5 Å². The lowest BCUT2D eigenvalue weighted by Crippen LogP contribution is -2.44. The number of hydrogen-bond donors (Lipinski definition) is 2. The Hall–Kier alpha value is -3.09. The highest BCUT2D eigenvalue weighted by atomic mass is 16.5. The number of ether oxygens (including phenoxy) is 4. The average Bonchev–Trinajstić information content (AvgIpc) is 2.66. The van der Waals surface area contributed by atoms with E-state index in [4.69, 9.17) is 18.9 Å². The van der Waals surface area contributed by atoms with Gasteiger partial charge in [0.25, 0.3) is 0 Å². The van der Waals surface area contributed by atoms with Crippen LogP contribution < -0.4 is 29.6 Å². The van der Waals surface area contributed by atoms with E-state index in [1.54, 1.807) is 39.5 Å². The summed E-state index contributed by atoms with van der Waals surface area (Å²) in [6, 6.07) is 10.4. The van der Waals surface area contributed by atoms with E-state index >= 15 is 0 Å². The van der Waals surface area contributed by atoms with Gasteiger partial charge >= 0.3 is 6.03 Å². The number of carbonyl (C=O) groups is 1. The lowest BCUT2D eigenvalue weighted by atomic mass is 10.0. The molecule has 0 fully saturated rings. The highest BCUT2D eigenvalue weighted by Gasteiger charge is 2.22. The summed E-state index contributed by atoms with van der Waals surface area (Å²) in [5.74, 6) is 2.78. The predicted molar refractivity (Wildman–Crippen MR) is 97.7 cm³/mol. The van der Waals surface area contributed by atoms with Gasteiger partial charge in [-0.05, 0) is 30.2 Å². The molecule has 2 aromatic rings. The van der Waals surface area contributed by atoms with E-state index in [2.05, 4.69) is 10.6 Å². The van der Waals surface area contributed by atoms with Gasteiger partial charge in [0.15, 0.2) is 0 Å². The largest absolute Gasteiger partial charge is 0.497 e. The standard InChI is InChI=1S/C19H22N2O5/c1-23-15-4-5-18-12(7-15)6-14(11-26-18)21-19(22)20-13-8-16(24-2)10-17(9-13)25-3/h4-5,7-10,14H,6,11H2,1-3H3,(H2,20,21,22)/t14-/m1/s1. The van der Waals surface area contributed by atoms with E-state index in [-0.39, 0.29) is 12.1 Å². The number of nitrogens with one attached hydrogen (secondary N) is 2. The second kappa shape index (κ2) is 7.86. The van der Waals surface area contributed by atoms with Crippen molar-refractivity contribution in [2.45, 2.75) is 12.5 Å². The lowest BCUT2D eigenvalue weighted by molar-refractivity contribution is 0.222. The smallest absolute Gasteiger partial charge is 0.319 e. The van der Waals surface area contributed by atoms with Gasteiger partial charge in [0.1, 0.15) is 29.6 Å². The van der Waals surface area contributed by atoms with E-state index in [9.17, 15) is 4.79 Å². The number of amides is 2. The first-order valence-electron chi connectivity index (χ1n) is 8.21. The van der Waals surface area contributed by atoms with Crippen molar-refractivity contribution in [3.63, 3.8) is 0 Å². The monoisotopic (exact) mass is 358 g/mol. The van der Waals surface area contributed by atoms with Gasteiger partial charge in [-0.25, -0.2) is 4.79 Å². The first kappa shape index (κ1) is 17.7. The molecular weight excluding hydrogens is 336 g/mol. The van der Waals surface area contributed by atoms with Crippen LogP contribution in [0.1, 0.15) is 5.56 Å². The first-order chi connectivity index (χ1) is 12.6. The Labute approximate surface area is 152 Å². The minimum absolute atomic E-state index is 0.137. The molecule has 0 bridgehead atoms. The summed E-state index contributed by atoms with van der Waals surface area (Å²) in [4.78, 5) is 12.3. The third kappa shape index (κ3) is 4.11. The molecule has 2 amide bonds. The van der Waals surface area contributed by atoms with Gasteiger partial charge in [-0.1, -0.05) is 0 Å². The van der Waals surface area contributed by atoms with E-state index in [1.165, 1.54) is 0 Å². The molecule has 1 atom stereocenters. The molecule has 0 radical (unpaired) electrons. The summed E-state index contributed by atoms with van der Waals surface area (Å²) >= 11 is 0. The van der Waals surface area contributed by atoms with E-state index in [0.29, 0.717) is 30.2 Å². The molecule has 2 N–H and O–H groups in total. The van der Waals surface area contributed by atoms with Gasteiger partial charge < -0.3 is 29.6 Å². The number of urea groups is 1. The number of carbonyl (C=O) groups excluding carboxylic acids is 1. The van der Waals surface area contributed by atoms with Crippen LogP contribution in [0.5, 0.6) is 23.0 Å². The van der Waals surface area contributed by atoms with Crippen molar-refractivity contribution >= 4 is 11.7 Å². The molecule has 0 unspecified atom stereocenters. The van der Waals surface area contributed by atoms with Gasteiger partial charge in [0, 0.05) is 23.9 Å². The Morgan fingerprint density at radius 2 is 1.69 bits per heavy atom. The molecule has 7 nitrogen and oxygen atoms in total. The van der Waals surface area contributed by atoms with Crippen molar-refractivity contribution in [2.24, 2.45) is 0 Å². The molecule has 0 saturated carbocycles. The Morgan fingerprint density at radius 1 is 1.00 bits per heavy atom. The van der Waals surface area contributed by atoms with Crippen molar-refractivity contribution in [1.29, 1.82) is 0 Å². The number of methoxy groups -OCH3 is 3. The molecule has 1 aliphatic heterocycles. The topological polar surface area (TPSA) is 78.1 Å². The fourth-order valence-corrected chi connectivity index (χ4v) is 2.82. The summed E-state index contributed by atoms with van der Waals surface area (Å²) < 4.78 is 21.4. The van der Waals surface area contributed by atoms with Crippen LogP contribution >= 0.6 is 0 Å². The van der Waals surface area contributed by atoms with Gasteiger partial charge in [-0.15, -0.1) is 0 Å². The molecule has 138 valence electrons. The molecule has 2 aromatic carbocycles. The number of fused-ring (bicyclic) bond motifs is 1. The van der Waals surface area contributed by atoms with Crippen LogP contribution in [-0.2, 0) is 6.42 Å². The Balaban J connectivity index is 1.63. The highest BCUT2D eigenvalue weighted by Crippen LogP contribution is 2.29. The van der Waals surface area contributed by atoms with Crippen LogP contribution in [-0.4, -0.2) is 40.0 Å². The summed E-state index contributed by atoms with van der Waals surface area (Å²) in [5, 5.41) is 5.72. The van der Waals surface area contributed by atoms with Gasteiger partial charge in [0.05, 0.1) is 27.4 Å². The maximum atomic E-state index is 12.3. The molecule has 1 aliphatic rings. The molecule has 0 aromatic heterocycles. The van der Waals surface area contributed by atoms with E-state index in [1.807, 2.05) is 18.2 Å². The maximum Gasteiger partial charge on any atom is 0.319 e. The van der Waals surface area contributed by atoms with Crippen molar-refractivity contribution < 1.29 is 23.7 Å². The zero-order valence-corrected chi connectivity index (χ0v) is 15.0. The fourth-order valence-electron chi connectivity index (χ4n) is 2.82. The lowest BCUT2D eigenvalue weighted by Gasteiger charge is -2.26. The second-order valence-corrected chi connectivity index (χ2v) is 5.89. The van der Waals surface area contributed by atoms with Crippen LogP contribution in [0.15, 0.2) is 36.4 Å². The average molecular weight is 358 g/mol. The van der Waals surface area contributed by atoms with Gasteiger partial charge in [0.2, 0.25) is 0 Å². The molecule has 3 rings (SSSR count). The molecule has 7 heteroatoms. The summed E-state index contributed by atoms with van der Waals surface area (Å²) in [6.45, 7) is 0.411. The van der Waals surface area contributed by atoms with Crippen LogP contribution in [0.25, 0.3) is 0 Å². The Kier molecular flexibility index (Phi) is 5.36. The maximum absolute atomic E-state index is 12.3. The second-order valence-electron chi connectivity index (χ2n) is 5.89. The van der Waals surface area contributed by atoms with Crippen molar-refractivity contribution in [2.75, 3.05) is 33.3 Å². The van der Waals surface area contributed by atoms with Gasteiger partial charge in [-0.2, -0.15) is 0 Å². The van der Waals surface area contributed by atoms with Gasteiger partial charge in [-0.3, -0.25) is 0 Å². The quantitative estimate of drug-likeness (QED) is 0.859. The third-order valence-electron chi connectivity index (χ3n) is 4.12. The van der Waals surface area contributed by atoms with Crippen molar-refractivity contribution in [3.8, 4) is 23.0 Å². The normalized spacial score (nSPS) is 15.3. The zero-order chi connectivity index (χ0) is 18.5. The van der Waals surface area contributed by atoms with Crippen molar-refractivity contribution in [1.82, 2.24) is 5.32 Å². The van der Waals surface area contributed by atoms with Crippen molar-refractivity contribution in [3.05, 3.63) is 42.0 Å². The molecule has 0 aliphatic carbocycles. The molecule has 26 heavy (non-hydrogen) atoms. The molecule has 0 spiro atoms. The molecule has 1 heterocycles. The van der Waals surface area contributed by atoms with E-state index in [0.717, 1.165) is 17.1 Å². The number of anilines is 1. The Morgan fingerprint density at radius 3 is 2.35 bits per heavy atom. The van der Waals surface area contributed by atoms with Crippen LogP contribution in [0.2, 0.25) is 0 Å². The van der Waals surface area contributed by atoms with Crippen LogP contribution in [0.3, 0.4) is 0 Å². The molecule has 0 saturated heterocycles. The highest BCUT2D eigenvalue weighted by molar-refractivity contribution is 5.90. The SMILES string of the molecule is COc1cc(NC(=O)N[C@H]2COc3ccc(OC)cc3C2)cc(OC)c1. The molecular formula is C19H22N2O5. The Bertz CT molecular complexity index is 771. The summed E-state index contributed by atoms with van der Waals surface area (Å²) in [7, 11) is 4.74. The van der Waals surface area contributed by atoms with E-state index < -0.39 is 0 Å². The first-order valence-corrected chi connectivity index (χ1v) is 8.21. The predicted octanol–water partition coefficient (Wildman–Crippen LogP) is 2.84. The number of hydrogen-bond acceptors (Lipinski definition) is 5. The fraction of sp³-hybridized carbons (Fsp3) is 0.316. The third-order valence-corrected chi connectivity index (χ3v) is 4.12. The minimum atomic E-state index is -0.319. The minimum Gasteiger partial charge on any atom is -0.497 e. The number of benzene rings is 2. The summed E-state index contributed by atoms with van der Waals surface area (Å²) in [5.41, 5.74) is 1.58. The van der Waals surface area contributed by atoms with Crippen LogP contribution in [0, 0.1) is 0 Å². The number of rotatable bonds is 5.